The predicted octanol–water partition coefficient (Wildman–Crippen LogP) is 2.55. The molecule has 0 aromatic carbocycles. The van der Waals surface area contributed by atoms with Crippen LogP contribution in [0, 0.1) is 0 Å². The van der Waals surface area contributed by atoms with E-state index in [1.807, 2.05) is 19.1 Å². The van der Waals surface area contributed by atoms with Crippen molar-refractivity contribution in [3.63, 3.8) is 0 Å². The summed E-state index contributed by atoms with van der Waals surface area (Å²) in [5.74, 6) is 0.872. The first-order valence-corrected chi connectivity index (χ1v) is 4.22. The minimum Gasteiger partial charge on any atom is -0.346 e. The molecule has 0 saturated carbocycles. The molecule has 1 heterocycles. The standard InChI is InChI=1S/C9H11ClN2/c1-2-8-4-3-6-11-9(8)12-7-5-10/h2-3,5-7H,4H2,1H3,(H,11,12)/b7-5+,8-2-. The lowest BCUT2D eigenvalue weighted by Gasteiger charge is -2.10. The molecule has 2 nitrogen and oxygen atoms in total. The molecule has 0 spiro atoms. The largest absolute Gasteiger partial charge is 0.346 e. The van der Waals surface area contributed by atoms with E-state index in [1.54, 1.807) is 12.4 Å². The van der Waals surface area contributed by atoms with Gasteiger partial charge in [0, 0.05) is 17.9 Å². The number of rotatable bonds is 1. The van der Waals surface area contributed by atoms with Crippen molar-refractivity contribution in [2.24, 2.45) is 4.99 Å². The highest BCUT2D eigenvalue weighted by Gasteiger charge is 2.04. The molecule has 0 atom stereocenters. The molecule has 12 heavy (non-hydrogen) atoms. The van der Waals surface area contributed by atoms with Crippen molar-refractivity contribution in [3.05, 3.63) is 35.7 Å². The molecule has 1 aliphatic heterocycles. The van der Waals surface area contributed by atoms with Gasteiger partial charge in [-0.1, -0.05) is 23.8 Å². The van der Waals surface area contributed by atoms with E-state index in [4.69, 9.17) is 11.6 Å². The van der Waals surface area contributed by atoms with Crippen LogP contribution in [0.5, 0.6) is 0 Å². The van der Waals surface area contributed by atoms with Crippen LogP contribution >= 0.6 is 11.6 Å². The number of hydrogen-bond acceptors (Lipinski definition) is 2. The molecular formula is C9H11ClN2. The summed E-state index contributed by atoms with van der Waals surface area (Å²) in [6, 6.07) is 0. The second-order valence-electron chi connectivity index (χ2n) is 2.32. The maximum Gasteiger partial charge on any atom is 0.133 e. The minimum absolute atomic E-state index is 0.872. The van der Waals surface area contributed by atoms with Crippen molar-refractivity contribution in [1.29, 1.82) is 0 Å². The molecule has 3 heteroatoms. The molecule has 0 fully saturated rings. The number of allylic oxidation sites excluding steroid dienone is 2. The fourth-order valence-corrected chi connectivity index (χ4v) is 1.04. The van der Waals surface area contributed by atoms with Crippen LogP contribution in [0.1, 0.15) is 13.3 Å². The zero-order valence-electron chi connectivity index (χ0n) is 6.92. The zero-order chi connectivity index (χ0) is 8.81. The maximum absolute atomic E-state index is 5.38. The van der Waals surface area contributed by atoms with Gasteiger partial charge >= 0.3 is 0 Å². The average molecular weight is 183 g/mol. The Morgan fingerprint density at radius 3 is 3.17 bits per heavy atom. The normalized spacial score (nSPS) is 20.2. The first-order valence-electron chi connectivity index (χ1n) is 3.78. The summed E-state index contributed by atoms with van der Waals surface area (Å²) in [4.78, 5) is 4.17. The lowest BCUT2D eigenvalue weighted by molar-refractivity contribution is 1.15. The summed E-state index contributed by atoms with van der Waals surface area (Å²) < 4.78 is 0. The van der Waals surface area contributed by atoms with E-state index >= 15 is 0 Å². The summed E-state index contributed by atoms with van der Waals surface area (Å²) >= 11 is 5.38. The van der Waals surface area contributed by atoms with E-state index < -0.39 is 0 Å². The molecule has 1 N–H and O–H groups in total. The van der Waals surface area contributed by atoms with Gasteiger partial charge in [0.15, 0.2) is 0 Å². The Hall–Kier alpha value is -1.02. The van der Waals surface area contributed by atoms with Gasteiger partial charge in [-0.2, -0.15) is 0 Å². The molecule has 0 aromatic rings. The van der Waals surface area contributed by atoms with Crippen LogP contribution in [0.15, 0.2) is 40.7 Å². The van der Waals surface area contributed by atoms with E-state index in [0.29, 0.717) is 0 Å². The number of nitrogens with one attached hydrogen (secondary N) is 1. The Balaban J connectivity index is 2.70. The van der Waals surface area contributed by atoms with Gasteiger partial charge in [0.2, 0.25) is 0 Å². The van der Waals surface area contributed by atoms with Crippen molar-refractivity contribution in [3.8, 4) is 0 Å². The number of aliphatic imine (C=N–C) groups is 1. The molecule has 64 valence electrons. The van der Waals surface area contributed by atoms with Crippen molar-refractivity contribution < 1.29 is 0 Å². The van der Waals surface area contributed by atoms with Gasteiger partial charge in [0.25, 0.3) is 0 Å². The van der Waals surface area contributed by atoms with Crippen LogP contribution < -0.4 is 5.32 Å². The molecule has 0 radical (unpaired) electrons. The third kappa shape index (κ3) is 2.24. The predicted molar refractivity (Wildman–Crippen MR) is 53.1 cm³/mol. The smallest absolute Gasteiger partial charge is 0.133 e. The molecule has 0 saturated heterocycles. The highest BCUT2D eigenvalue weighted by molar-refractivity contribution is 6.25. The molecule has 0 aromatic heterocycles. The van der Waals surface area contributed by atoms with Crippen molar-refractivity contribution >= 4 is 17.4 Å². The second kappa shape index (κ2) is 4.78. The van der Waals surface area contributed by atoms with Crippen LogP contribution in [-0.4, -0.2) is 5.84 Å². The SMILES string of the molecule is C/C=C1/CC=CN=C1N/C=C/Cl. The quantitative estimate of drug-likeness (QED) is 0.662. The third-order valence-corrected chi connectivity index (χ3v) is 1.71. The van der Waals surface area contributed by atoms with Crippen LogP contribution in [0.2, 0.25) is 0 Å². The van der Waals surface area contributed by atoms with Crippen LogP contribution in [0.25, 0.3) is 0 Å². The van der Waals surface area contributed by atoms with Crippen LogP contribution in [0.3, 0.4) is 0 Å². The molecular weight excluding hydrogens is 172 g/mol. The van der Waals surface area contributed by atoms with Crippen LogP contribution in [0.4, 0.5) is 0 Å². The summed E-state index contributed by atoms with van der Waals surface area (Å²) in [6.07, 6.45) is 8.43. The highest BCUT2D eigenvalue weighted by atomic mass is 35.5. The second-order valence-corrected chi connectivity index (χ2v) is 2.57. The number of halogens is 1. The van der Waals surface area contributed by atoms with Gasteiger partial charge in [-0.15, -0.1) is 0 Å². The topological polar surface area (TPSA) is 24.4 Å². The molecule has 1 rings (SSSR count). The fourth-order valence-electron chi connectivity index (χ4n) is 0.981. The van der Waals surface area contributed by atoms with E-state index in [1.165, 1.54) is 11.1 Å². The first kappa shape index (κ1) is 9.07. The summed E-state index contributed by atoms with van der Waals surface area (Å²) in [7, 11) is 0. The Morgan fingerprint density at radius 1 is 1.67 bits per heavy atom. The average Bonchev–Trinajstić information content (AvgIpc) is 2.15. The molecule has 1 aliphatic rings. The Morgan fingerprint density at radius 2 is 2.50 bits per heavy atom. The fraction of sp³-hybridized carbons (Fsp3) is 0.222. The van der Waals surface area contributed by atoms with Gasteiger partial charge in [-0.3, -0.25) is 0 Å². The van der Waals surface area contributed by atoms with Gasteiger partial charge < -0.3 is 5.32 Å². The maximum atomic E-state index is 5.38. The number of amidine groups is 1. The van der Waals surface area contributed by atoms with E-state index in [2.05, 4.69) is 10.3 Å². The van der Waals surface area contributed by atoms with Gasteiger partial charge in [-0.25, -0.2) is 4.99 Å². The summed E-state index contributed by atoms with van der Waals surface area (Å²) in [5, 5.41) is 2.99. The van der Waals surface area contributed by atoms with Crippen molar-refractivity contribution in [2.45, 2.75) is 13.3 Å². The Bertz CT molecular complexity index is 262. The molecule has 0 unspecified atom stereocenters. The lowest BCUT2D eigenvalue weighted by Crippen LogP contribution is -2.20. The van der Waals surface area contributed by atoms with Crippen molar-refractivity contribution in [2.75, 3.05) is 0 Å². The van der Waals surface area contributed by atoms with Crippen LogP contribution in [-0.2, 0) is 0 Å². The van der Waals surface area contributed by atoms with Gasteiger partial charge in [0.05, 0.1) is 0 Å². The zero-order valence-corrected chi connectivity index (χ0v) is 7.67. The van der Waals surface area contributed by atoms with Gasteiger partial charge in [0.1, 0.15) is 5.84 Å². The summed E-state index contributed by atoms with van der Waals surface area (Å²) in [6.45, 7) is 2.00. The Kier molecular flexibility index (Phi) is 3.61. The highest BCUT2D eigenvalue weighted by Crippen LogP contribution is 2.09. The van der Waals surface area contributed by atoms with E-state index in [-0.39, 0.29) is 0 Å². The monoisotopic (exact) mass is 182 g/mol. The summed E-state index contributed by atoms with van der Waals surface area (Å²) in [5.41, 5.74) is 2.61. The lowest BCUT2D eigenvalue weighted by atomic mass is 10.1. The minimum atomic E-state index is 0.872. The van der Waals surface area contributed by atoms with E-state index in [9.17, 15) is 0 Å². The number of hydrogen-bond donors (Lipinski definition) is 1. The molecule has 0 aliphatic carbocycles. The number of nitrogens with zero attached hydrogens (tertiary/aromatic N) is 1. The molecule has 0 amide bonds. The Labute approximate surface area is 77.3 Å². The molecule has 0 bridgehead atoms. The third-order valence-electron chi connectivity index (χ3n) is 1.58. The van der Waals surface area contributed by atoms with Crippen molar-refractivity contribution in [1.82, 2.24) is 5.32 Å². The van der Waals surface area contributed by atoms with E-state index in [0.717, 1.165) is 12.3 Å². The van der Waals surface area contributed by atoms with Gasteiger partial charge in [-0.05, 0) is 18.9 Å². The first-order chi connectivity index (χ1) is 5.88.